The molecule has 0 radical (unpaired) electrons. The van der Waals surface area contributed by atoms with E-state index >= 15 is 0 Å². The van der Waals surface area contributed by atoms with Crippen LogP contribution in [0.5, 0.6) is 5.75 Å². The molecule has 7 heteroatoms. The number of hydrogen-bond acceptors (Lipinski definition) is 4. The first-order chi connectivity index (χ1) is 10.9. The first-order valence-corrected chi connectivity index (χ1v) is 9.77. The van der Waals surface area contributed by atoms with E-state index in [2.05, 4.69) is 5.32 Å². The maximum Gasteiger partial charge on any atom is 0.223 e. The number of rotatable bonds is 3. The van der Waals surface area contributed by atoms with Crippen molar-refractivity contribution < 1.29 is 17.9 Å². The molecule has 2 aliphatic heterocycles. The van der Waals surface area contributed by atoms with Crippen LogP contribution < -0.4 is 10.1 Å². The van der Waals surface area contributed by atoms with E-state index in [1.165, 1.54) is 10.6 Å². The number of sulfonamides is 1. The smallest absolute Gasteiger partial charge is 0.223 e. The molecule has 2 aliphatic rings. The lowest BCUT2D eigenvalue weighted by atomic mass is 9.95. The molecule has 0 bridgehead atoms. The minimum Gasteiger partial charge on any atom is -0.493 e. The fourth-order valence-electron chi connectivity index (χ4n) is 3.23. The summed E-state index contributed by atoms with van der Waals surface area (Å²) in [5.41, 5.74) is 1.01. The molecule has 0 aliphatic carbocycles. The zero-order valence-corrected chi connectivity index (χ0v) is 14.0. The molecule has 6 nitrogen and oxygen atoms in total. The van der Waals surface area contributed by atoms with Crippen molar-refractivity contribution in [2.75, 3.05) is 26.0 Å². The van der Waals surface area contributed by atoms with Gasteiger partial charge in [-0.15, -0.1) is 0 Å². The van der Waals surface area contributed by atoms with E-state index in [0.29, 0.717) is 32.5 Å². The van der Waals surface area contributed by atoms with Crippen molar-refractivity contribution in [1.82, 2.24) is 9.62 Å². The van der Waals surface area contributed by atoms with Gasteiger partial charge >= 0.3 is 0 Å². The number of nitrogens with one attached hydrogen (secondary N) is 1. The van der Waals surface area contributed by atoms with Gasteiger partial charge in [-0.25, -0.2) is 12.7 Å². The molecule has 126 valence electrons. The van der Waals surface area contributed by atoms with Gasteiger partial charge in [-0.3, -0.25) is 4.79 Å². The SMILES string of the molecule is CS(=O)(=O)N1CCC(C(=O)N[C@H]2CCOc3ccccc32)CC1. The number of piperidine rings is 1. The van der Waals surface area contributed by atoms with E-state index in [1.807, 2.05) is 24.3 Å². The van der Waals surface area contributed by atoms with Crippen LogP contribution in [-0.2, 0) is 14.8 Å². The molecule has 0 spiro atoms. The van der Waals surface area contributed by atoms with Crippen LogP contribution >= 0.6 is 0 Å². The van der Waals surface area contributed by atoms with E-state index in [4.69, 9.17) is 4.74 Å². The van der Waals surface area contributed by atoms with E-state index in [-0.39, 0.29) is 17.9 Å². The standard InChI is InChI=1S/C16H22N2O4S/c1-23(20,21)18-9-6-12(7-10-18)16(19)17-14-8-11-22-15-5-3-2-4-13(14)15/h2-5,12,14H,6-11H2,1H3,(H,17,19)/t14-/m0/s1. The Morgan fingerprint density at radius 3 is 2.61 bits per heavy atom. The molecule has 3 rings (SSSR count). The van der Waals surface area contributed by atoms with Crippen molar-refractivity contribution in [1.29, 1.82) is 0 Å². The van der Waals surface area contributed by atoms with Crippen LogP contribution in [0.2, 0.25) is 0 Å². The van der Waals surface area contributed by atoms with E-state index < -0.39 is 10.0 Å². The number of ether oxygens (including phenoxy) is 1. The molecule has 1 fully saturated rings. The number of hydrogen-bond donors (Lipinski definition) is 1. The quantitative estimate of drug-likeness (QED) is 0.901. The minimum atomic E-state index is -3.16. The number of carbonyl (C=O) groups is 1. The van der Waals surface area contributed by atoms with Gasteiger partial charge in [0.1, 0.15) is 5.75 Å². The maximum atomic E-state index is 12.5. The summed E-state index contributed by atoms with van der Waals surface area (Å²) in [6.45, 7) is 1.43. The summed E-state index contributed by atoms with van der Waals surface area (Å²) in [6, 6.07) is 7.73. The van der Waals surface area contributed by atoms with Gasteiger partial charge in [-0.2, -0.15) is 0 Å². The first kappa shape index (κ1) is 16.3. The average molecular weight is 338 g/mol. The van der Waals surface area contributed by atoms with Crippen molar-refractivity contribution in [2.24, 2.45) is 5.92 Å². The largest absolute Gasteiger partial charge is 0.493 e. The van der Waals surface area contributed by atoms with Gasteiger partial charge in [0.2, 0.25) is 15.9 Å². The highest BCUT2D eigenvalue weighted by Gasteiger charge is 2.31. The molecule has 23 heavy (non-hydrogen) atoms. The number of para-hydroxylation sites is 1. The maximum absolute atomic E-state index is 12.5. The zero-order valence-electron chi connectivity index (χ0n) is 13.2. The summed E-state index contributed by atoms with van der Waals surface area (Å²) in [5.74, 6) is 0.721. The second-order valence-corrected chi connectivity index (χ2v) is 8.15. The number of carbonyl (C=O) groups excluding carboxylic acids is 1. The Morgan fingerprint density at radius 2 is 1.91 bits per heavy atom. The topological polar surface area (TPSA) is 75.7 Å². The Kier molecular flexibility index (Phi) is 4.59. The van der Waals surface area contributed by atoms with E-state index in [9.17, 15) is 13.2 Å². The van der Waals surface area contributed by atoms with Crippen molar-refractivity contribution in [3.05, 3.63) is 29.8 Å². The Bertz CT molecular complexity index is 681. The third-order valence-corrected chi connectivity index (χ3v) is 5.87. The molecule has 1 saturated heterocycles. The fourth-order valence-corrected chi connectivity index (χ4v) is 4.11. The van der Waals surface area contributed by atoms with Gasteiger partial charge in [-0.1, -0.05) is 18.2 Å². The third-order valence-electron chi connectivity index (χ3n) is 4.57. The zero-order chi connectivity index (χ0) is 16.4. The molecule has 0 saturated carbocycles. The van der Waals surface area contributed by atoms with Gasteiger partial charge in [0, 0.05) is 31.0 Å². The predicted octanol–water partition coefficient (Wildman–Crippen LogP) is 1.30. The van der Waals surface area contributed by atoms with Gasteiger partial charge in [-0.05, 0) is 18.9 Å². The van der Waals surface area contributed by atoms with Crippen LogP contribution in [0.25, 0.3) is 0 Å². The number of amides is 1. The summed E-state index contributed by atoms with van der Waals surface area (Å²) in [6.07, 6.45) is 3.12. The Hall–Kier alpha value is -1.60. The lowest BCUT2D eigenvalue weighted by Crippen LogP contribution is -2.43. The molecule has 0 aromatic heterocycles. The molecule has 2 heterocycles. The van der Waals surface area contributed by atoms with Crippen molar-refractivity contribution in [3.63, 3.8) is 0 Å². The van der Waals surface area contributed by atoms with Crippen molar-refractivity contribution in [3.8, 4) is 5.75 Å². The summed E-state index contributed by atoms with van der Waals surface area (Å²) in [7, 11) is -3.16. The lowest BCUT2D eigenvalue weighted by molar-refractivity contribution is -0.127. The normalized spacial score (nSPS) is 22.9. The highest BCUT2D eigenvalue weighted by atomic mass is 32.2. The van der Waals surface area contributed by atoms with E-state index in [1.54, 1.807) is 0 Å². The Morgan fingerprint density at radius 1 is 1.22 bits per heavy atom. The van der Waals surface area contributed by atoms with Crippen LogP contribution in [-0.4, -0.2) is 44.6 Å². The lowest BCUT2D eigenvalue weighted by Gasteiger charge is -2.32. The van der Waals surface area contributed by atoms with Crippen molar-refractivity contribution in [2.45, 2.75) is 25.3 Å². The highest BCUT2D eigenvalue weighted by molar-refractivity contribution is 7.88. The molecule has 1 aromatic rings. The van der Waals surface area contributed by atoms with Crippen LogP contribution in [0.1, 0.15) is 30.9 Å². The van der Waals surface area contributed by atoms with E-state index in [0.717, 1.165) is 17.7 Å². The van der Waals surface area contributed by atoms with Gasteiger partial charge < -0.3 is 10.1 Å². The first-order valence-electron chi connectivity index (χ1n) is 7.92. The second kappa shape index (κ2) is 6.49. The summed E-state index contributed by atoms with van der Waals surface area (Å²) >= 11 is 0. The number of benzene rings is 1. The average Bonchev–Trinajstić information content (AvgIpc) is 2.54. The summed E-state index contributed by atoms with van der Waals surface area (Å²) < 4.78 is 30.1. The molecular weight excluding hydrogens is 316 g/mol. The van der Waals surface area contributed by atoms with Crippen LogP contribution in [0.4, 0.5) is 0 Å². The summed E-state index contributed by atoms with van der Waals surface area (Å²) in [5, 5.41) is 3.11. The molecule has 1 amide bonds. The third kappa shape index (κ3) is 3.67. The van der Waals surface area contributed by atoms with Gasteiger partial charge in [0.15, 0.2) is 0 Å². The molecule has 1 atom stereocenters. The number of nitrogens with zero attached hydrogens (tertiary/aromatic N) is 1. The Balaban J connectivity index is 1.61. The minimum absolute atomic E-state index is 0.0138. The molecule has 0 unspecified atom stereocenters. The summed E-state index contributed by atoms with van der Waals surface area (Å²) in [4.78, 5) is 12.5. The molecular formula is C16H22N2O4S. The van der Waals surface area contributed by atoms with Crippen molar-refractivity contribution >= 4 is 15.9 Å². The number of fused-ring (bicyclic) bond motifs is 1. The fraction of sp³-hybridized carbons (Fsp3) is 0.562. The Labute approximate surface area is 136 Å². The monoisotopic (exact) mass is 338 g/mol. The molecule has 1 aromatic carbocycles. The van der Waals surface area contributed by atoms with Crippen LogP contribution in [0.15, 0.2) is 24.3 Å². The van der Waals surface area contributed by atoms with Gasteiger partial charge in [0.25, 0.3) is 0 Å². The molecule has 1 N–H and O–H groups in total. The van der Waals surface area contributed by atoms with Crippen LogP contribution in [0.3, 0.4) is 0 Å². The van der Waals surface area contributed by atoms with Crippen LogP contribution in [0, 0.1) is 5.92 Å². The second-order valence-electron chi connectivity index (χ2n) is 6.17. The van der Waals surface area contributed by atoms with Gasteiger partial charge in [0.05, 0.1) is 18.9 Å². The predicted molar refractivity (Wildman–Crippen MR) is 86.6 cm³/mol. The highest BCUT2D eigenvalue weighted by Crippen LogP contribution is 2.32.